The number of rotatable bonds is 6. The summed E-state index contributed by atoms with van der Waals surface area (Å²) in [4.78, 5) is 1.21. The van der Waals surface area contributed by atoms with Crippen LogP contribution in [0.4, 0.5) is 5.69 Å². The first-order valence-corrected chi connectivity index (χ1v) is 10.9. The molecule has 0 atom stereocenters. The average molecular weight is 409 g/mol. The Morgan fingerprint density at radius 3 is 2.73 bits per heavy atom. The fourth-order valence-electron chi connectivity index (χ4n) is 3.31. The number of halogens is 1. The highest BCUT2D eigenvalue weighted by atomic mass is 35.5. The van der Waals surface area contributed by atoms with Gasteiger partial charge >= 0.3 is 0 Å². The van der Waals surface area contributed by atoms with Crippen molar-refractivity contribution in [2.45, 2.75) is 42.9 Å². The zero-order valence-corrected chi connectivity index (χ0v) is 17.4. The first-order valence-electron chi connectivity index (χ1n) is 9.08. The maximum Gasteiger partial charge on any atom is 0.170 e. The van der Waals surface area contributed by atoms with E-state index in [1.807, 2.05) is 42.2 Å². The smallest absolute Gasteiger partial charge is 0.170 e. The largest absolute Gasteiger partial charge is 0.362 e. The Kier molecular flexibility index (Phi) is 7.23. The Morgan fingerprint density at radius 1 is 1.27 bits per heavy atom. The number of thiocarbonyl (C=S) groups is 1. The zero-order chi connectivity index (χ0) is 18.4. The van der Waals surface area contributed by atoms with Gasteiger partial charge in [0.15, 0.2) is 5.11 Å². The van der Waals surface area contributed by atoms with Crippen LogP contribution in [0.15, 0.2) is 35.4 Å². The fraction of sp³-hybridized carbons (Fsp3) is 0.474. The predicted octanol–water partition coefficient (Wildman–Crippen LogP) is 5.20. The minimum Gasteiger partial charge on any atom is -0.362 e. The van der Waals surface area contributed by atoms with Gasteiger partial charge in [-0.05, 0) is 49.3 Å². The van der Waals surface area contributed by atoms with Crippen LogP contribution in [0.1, 0.15) is 43.7 Å². The van der Waals surface area contributed by atoms with E-state index in [9.17, 15) is 0 Å². The van der Waals surface area contributed by atoms with Gasteiger partial charge in [-0.3, -0.25) is 4.68 Å². The number of aromatic nitrogens is 2. The molecule has 3 rings (SSSR count). The summed E-state index contributed by atoms with van der Waals surface area (Å²) >= 11 is 13.2. The van der Waals surface area contributed by atoms with E-state index in [1.54, 1.807) is 11.8 Å². The van der Waals surface area contributed by atoms with Gasteiger partial charge < -0.3 is 10.6 Å². The second kappa shape index (κ2) is 9.62. The SMILES string of the molecule is Cn1cc(NC(=S)NCCSc2ccc(Cl)cc2)c(C2CCCCC2)n1. The summed E-state index contributed by atoms with van der Waals surface area (Å²) < 4.78 is 1.88. The molecule has 0 spiro atoms. The van der Waals surface area contributed by atoms with Crippen LogP contribution in [0, 0.1) is 0 Å². The maximum absolute atomic E-state index is 5.91. The molecule has 2 N–H and O–H groups in total. The van der Waals surface area contributed by atoms with Crippen LogP contribution in [0.2, 0.25) is 5.02 Å². The van der Waals surface area contributed by atoms with E-state index >= 15 is 0 Å². The zero-order valence-electron chi connectivity index (χ0n) is 15.0. The fourth-order valence-corrected chi connectivity index (χ4v) is 4.42. The Bertz CT molecular complexity index is 724. The van der Waals surface area contributed by atoms with Crippen LogP contribution < -0.4 is 10.6 Å². The topological polar surface area (TPSA) is 41.9 Å². The van der Waals surface area contributed by atoms with Crippen LogP contribution in [-0.4, -0.2) is 27.2 Å². The van der Waals surface area contributed by atoms with E-state index in [-0.39, 0.29) is 0 Å². The molecule has 1 aliphatic rings. The summed E-state index contributed by atoms with van der Waals surface area (Å²) in [5.74, 6) is 1.49. The lowest BCUT2D eigenvalue weighted by atomic mass is 9.86. The lowest BCUT2D eigenvalue weighted by Gasteiger charge is -2.21. The molecular formula is C19H25ClN4S2. The molecule has 0 saturated heterocycles. The third kappa shape index (κ3) is 5.63. The quantitative estimate of drug-likeness (QED) is 0.390. The van der Waals surface area contributed by atoms with Gasteiger partial charge in [0, 0.05) is 41.4 Å². The number of hydrogen-bond acceptors (Lipinski definition) is 3. The normalized spacial score (nSPS) is 15.0. The molecule has 7 heteroatoms. The number of nitrogens with zero attached hydrogens (tertiary/aromatic N) is 2. The van der Waals surface area contributed by atoms with E-state index in [0.717, 1.165) is 28.7 Å². The summed E-state index contributed by atoms with van der Waals surface area (Å²) in [5, 5.41) is 12.7. The van der Waals surface area contributed by atoms with E-state index in [4.69, 9.17) is 23.8 Å². The molecule has 140 valence electrons. The van der Waals surface area contributed by atoms with Crippen molar-refractivity contribution >= 4 is 46.4 Å². The van der Waals surface area contributed by atoms with Gasteiger partial charge in [-0.15, -0.1) is 11.8 Å². The molecule has 0 amide bonds. The minimum atomic E-state index is 0.552. The van der Waals surface area contributed by atoms with Crippen LogP contribution in [-0.2, 0) is 7.05 Å². The van der Waals surface area contributed by atoms with Gasteiger partial charge in [0.1, 0.15) is 0 Å². The van der Waals surface area contributed by atoms with Crippen LogP contribution in [0.3, 0.4) is 0 Å². The van der Waals surface area contributed by atoms with Crippen LogP contribution >= 0.6 is 35.6 Å². The molecule has 0 bridgehead atoms. The first kappa shape index (κ1) is 19.5. The van der Waals surface area contributed by atoms with Gasteiger partial charge in [0.2, 0.25) is 0 Å². The summed E-state index contributed by atoms with van der Waals surface area (Å²) in [5.41, 5.74) is 2.20. The second-order valence-corrected chi connectivity index (χ2v) is 8.63. The molecule has 1 aromatic carbocycles. The number of nitrogens with one attached hydrogen (secondary N) is 2. The van der Waals surface area contributed by atoms with Gasteiger partial charge in [-0.1, -0.05) is 30.9 Å². The standard InChI is InChI=1S/C19H25ClN4S2/c1-24-13-17(18(23-24)14-5-3-2-4-6-14)22-19(25)21-11-12-26-16-9-7-15(20)8-10-16/h7-10,13-14H,2-6,11-12H2,1H3,(H2,21,22,25). The van der Waals surface area contributed by atoms with Crippen molar-refractivity contribution < 1.29 is 0 Å². The van der Waals surface area contributed by atoms with Gasteiger partial charge in [-0.2, -0.15) is 5.10 Å². The Hall–Kier alpha value is -1.24. The monoisotopic (exact) mass is 408 g/mol. The van der Waals surface area contributed by atoms with E-state index in [0.29, 0.717) is 11.0 Å². The summed E-state index contributed by atoms with van der Waals surface area (Å²) in [6.45, 7) is 0.804. The van der Waals surface area contributed by atoms with Crippen molar-refractivity contribution in [1.82, 2.24) is 15.1 Å². The molecule has 0 aliphatic heterocycles. The van der Waals surface area contributed by atoms with E-state index in [2.05, 4.69) is 15.7 Å². The molecule has 2 aromatic rings. The van der Waals surface area contributed by atoms with Crippen LogP contribution in [0.5, 0.6) is 0 Å². The van der Waals surface area contributed by atoms with Crippen molar-refractivity contribution in [3.63, 3.8) is 0 Å². The predicted molar refractivity (Wildman–Crippen MR) is 115 cm³/mol. The minimum absolute atomic E-state index is 0.552. The molecule has 0 unspecified atom stereocenters. The van der Waals surface area contributed by atoms with Gasteiger partial charge in [-0.25, -0.2) is 0 Å². The number of benzene rings is 1. The van der Waals surface area contributed by atoms with Crippen LogP contribution in [0.25, 0.3) is 0 Å². The molecule has 1 aliphatic carbocycles. The molecule has 1 aromatic heterocycles. The highest BCUT2D eigenvalue weighted by Crippen LogP contribution is 2.35. The van der Waals surface area contributed by atoms with E-state index in [1.165, 1.54) is 37.0 Å². The summed E-state index contributed by atoms with van der Waals surface area (Å²) in [6, 6.07) is 7.91. The molecule has 26 heavy (non-hydrogen) atoms. The number of thioether (sulfide) groups is 1. The molecular weight excluding hydrogens is 384 g/mol. The highest BCUT2D eigenvalue weighted by Gasteiger charge is 2.22. The first-order chi connectivity index (χ1) is 12.6. The van der Waals surface area contributed by atoms with Gasteiger partial charge in [0.05, 0.1) is 11.4 Å². The molecule has 4 nitrogen and oxygen atoms in total. The number of aryl methyl sites for hydroxylation is 1. The van der Waals surface area contributed by atoms with Crippen molar-refractivity contribution in [3.05, 3.63) is 41.2 Å². The summed E-state index contributed by atoms with van der Waals surface area (Å²) in [6.07, 6.45) is 8.42. The Labute approximate surface area is 170 Å². The molecule has 1 saturated carbocycles. The molecule has 1 fully saturated rings. The molecule has 1 heterocycles. The summed E-state index contributed by atoms with van der Waals surface area (Å²) in [7, 11) is 1.97. The Morgan fingerprint density at radius 2 is 2.00 bits per heavy atom. The highest BCUT2D eigenvalue weighted by molar-refractivity contribution is 7.99. The van der Waals surface area contributed by atoms with Crippen molar-refractivity contribution in [2.24, 2.45) is 7.05 Å². The Balaban J connectivity index is 1.46. The number of hydrogen-bond donors (Lipinski definition) is 2. The van der Waals surface area contributed by atoms with Crippen molar-refractivity contribution in [1.29, 1.82) is 0 Å². The maximum atomic E-state index is 5.91. The number of anilines is 1. The second-order valence-electron chi connectivity index (χ2n) is 6.62. The van der Waals surface area contributed by atoms with Gasteiger partial charge in [0.25, 0.3) is 0 Å². The van der Waals surface area contributed by atoms with E-state index < -0.39 is 0 Å². The average Bonchev–Trinajstić information content (AvgIpc) is 3.01. The van der Waals surface area contributed by atoms with Crippen molar-refractivity contribution in [2.75, 3.05) is 17.6 Å². The molecule has 0 radical (unpaired) electrons. The lowest BCUT2D eigenvalue weighted by Crippen LogP contribution is -2.30. The lowest BCUT2D eigenvalue weighted by molar-refractivity contribution is 0.434. The third-order valence-electron chi connectivity index (χ3n) is 4.57. The third-order valence-corrected chi connectivity index (χ3v) is 6.08. The van der Waals surface area contributed by atoms with Crippen molar-refractivity contribution in [3.8, 4) is 0 Å².